The van der Waals surface area contributed by atoms with Gasteiger partial charge in [0.1, 0.15) is 5.75 Å². The Balaban J connectivity index is 2.03. The smallest absolute Gasteiger partial charge is 0.338 e. The molecule has 0 heterocycles. The lowest BCUT2D eigenvalue weighted by Crippen LogP contribution is -2.05. The van der Waals surface area contributed by atoms with E-state index in [0.29, 0.717) is 23.6 Å². The molecular formula is C16H18NO4P. The summed E-state index contributed by atoms with van der Waals surface area (Å²) >= 11 is 0. The first-order valence-corrected chi connectivity index (χ1v) is 8.95. The Hall–Kier alpha value is -2.26. The number of carbonyl (C=O) groups is 1. The number of esters is 1. The third-order valence-corrected chi connectivity index (χ3v) is 3.97. The standard InChI is InChI=1S/C16H18NO4P/c1-3-20-16(18)13-9-11-14(12-10-13)17-22(2,19)21-15-7-5-4-6-8-15/h4-12H,3H2,1-2H3,(H,17,19)/t22-/m0/s1. The predicted octanol–water partition coefficient (Wildman–Crippen LogP) is 4.18. The molecule has 6 heteroatoms. The van der Waals surface area contributed by atoms with Gasteiger partial charge < -0.3 is 14.3 Å². The first kappa shape index (κ1) is 16.1. The van der Waals surface area contributed by atoms with Crippen LogP contribution in [0.3, 0.4) is 0 Å². The van der Waals surface area contributed by atoms with Gasteiger partial charge in [0.05, 0.1) is 12.2 Å². The predicted molar refractivity (Wildman–Crippen MR) is 86.6 cm³/mol. The molecule has 0 aromatic heterocycles. The second-order valence-corrected chi connectivity index (χ2v) is 6.76. The number of nitrogens with one attached hydrogen (secondary N) is 1. The van der Waals surface area contributed by atoms with Gasteiger partial charge in [0.25, 0.3) is 0 Å². The van der Waals surface area contributed by atoms with Crippen molar-refractivity contribution in [3.8, 4) is 5.75 Å². The van der Waals surface area contributed by atoms with E-state index in [4.69, 9.17) is 9.26 Å². The molecule has 0 aliphatic rings. The van der Waals surface area contributed by atoms with Gasteiger partial charge in [0, 0.05) is 12.4 Å². The number of hydrogen-bond donors (Lipinski definition) is 1. The fraction of sp³-hybridized carbons (Fsp3) is 0.188. The van der Waals surface area contributed by atoms with Crippen molar-refractivity contribution in [1.29, 1.82) is 0 Å². The number of para-hydroxylation sites is 1. The fourth-order valence-electron chi connectivity index (χ4n) is 1.84. The quantitative estimate of drug-likeness (QED) is 0.639. The van der Waals surface area contributed by atoms with E-state index < -0.39 is 7.52 Å². The van der Waals surface area contributed by atoms with Crippen LogP contribution in [-0.4, -0.2) is 19.2 Å². The topological polar surface area (TPSA) is 64.6 Å². The summed E-state index contributed by atoms with van der Waals surface area (Å²) < 4.78 is 22.8. The van der Waals surface area contributed by atoms with Gasteiger partial charge in [-0.1, -0.05) is 18.2 Å². The fourth-order valence-corrected chi connectivity index (χ4v) is 3.02. The van der Waals surface area contributed by atoms with E-state index in [0.717, 1.165) is 0 Å². The van der Waals surface area contributed by atoms with Crippen LogP contribution in [0, 0.1) is 0 Å². The summed E-state index contributed by atoms with van der Waals surface area (Å²) in [4.78, 5) is 11.6. The number of ether oxygens (including phenoxy) is 1. The van der Waals surface area contributed by atoms with Crippen molar-refractivity contribution >= 4 is 19.2 Å². The van der Waals surface area contributed by atoms with Crippen LogP contribution in [0.15, 0.2) is 54.6 Å². The minimum Gasteiger partial charge on any atom is -0.462 e. The normalized spacial score (nSPS) is 13.0. The zero-order chi connectivity index (χ0) is 16.0. The van der Waals surface area contributed by atoms with Crippen LogP contribution in [0.5, 0.6) is 5.75 Å². The average Bonchev–Trinajstić information content (AvgIpc) is 2.48. The number of hydrogen-bond acceptors (Lipinski definition) is 4. The Labute approximate surface area is 129 Å². The van der Waals surface area contributed by atoms with Crippen LogP contribution in [0.1, 0.15) is 17.3 Å². The molecule has 0 aliphatic heterocycles. The van der Waals surface area contributed by atoms with E-state index in [1.807, 2.05) is 18.2 Å². The largest absolute Gasteiger partial charge is 0.462 e. The molecular weight excluding hydrogens is 301 g/mol. The van der Waals surface area contributed by atoms with Gasteiger partial charge in [-0.2, -0.15) is 0 Å². The highest BCUT2D eigenvalue weighted by Crippen LogP contribution is 2.43. The third kappa shape index (κ3) is 4.64. The molecule has 0 spiro atoms. The summed E-state index contributed by atoms with van der Waals surface area (Å²) in [6, 6.07) is 15.5. The molecule has 0 saturated carbocycles. The van der Waals surface area contributed by atoms with Gasteiger partial charge in [0.2, 0.25) is 0 Å². The molecule has 0 bridgehead atoms. The first-order chi connectivity index (χ1) is 10.5. The molecule has 1 N–H and O–H groups in total. The maximum absolute atomic E-state index is 12.4. The van der Waals surface area contributed by atoms with Crippen molar-refractivity contribution in [3.05, 3.63) is 60.2 Å². The molecule has 2 rings (SSSR count). The van der Waals surface area contributed by atoms with E-state index in [1.165, 1.54) is 6.66 Å². The SMILES string of the molecule is CCOC(=O)c1ccc(N[P@@](C)(=O)Oc2ccccc2)cc1. The summed E-state index contributed by atoms with van der Waals surface area (Å²) in [7, 11) is -3.05. The number of carbonyl (C=O) groups excluding carboxylic acids is 1. The van der Waals surface area contributed by atoms with Crippen molar-refractivity contribution < 1.29 is 18.6 Å². The first-order valence-electron chi connectivity index (χ1n) is 6.88. The third-order valence-electron chi connectivity index (χ3n) is 2.75. The Kier molecular flexibility index (Phi) is 5.23. The van der Waals surface area contributed by atoms with Crippen LogP contribution in [0.25, 0.3) is 0 Å². The molecule has 22 heavy (non-hydrogen) atoms. The van der Waals surface area contributed by atoms with Gasteiger partial charge >= 0.3 is 13.5 Å². The molecule has 0 aliphatic carbocycles. The van der Waals surface area contributed by atoms with Crippen molar-refractivity contribution in [2.45, 2.75) is 6.92 Å². The Bertz CT molecular complexity index is 670. The highest BCUT2D eigenvalue weighted by atomic mass is 31.2. The minimum atomic E-state index is -3.05. The van der Waals surface area contributed by atoms with Gasteiger partial charge in [-0.25, -0.2) is 4.79 Å². The lowest BCUT2D eigenvalue weighted by molar-refractivity contribution is 0.0526. The van der Waals surface area contributed by atoms with E-state index in [2.05, 4.69) is 5.09 Å². The lowest BCUT2D eigenvalue weighted by atomic mass is 10.2. The maximum atomic E-state index is 12.4. The van der Waals surface area contributed by atoms with Crippen LogP contribution >= 0.6 is 7.52 Å². The van der Waals surface area contributed by atoms with Crippen molar-refractivity contribution in [3.63, 3.8) is 0 Å². The molecule has 2 aromatic rings. The number of anilines is 1. The highest BCUT2D eigenvalue weighted by molar-refractivity contribution is 7.60. The Morgan fingerprint density at radius 3 is 2.32 bits per heavy atom. The lowest BCUT2D eigenvalue weighted by Gasteiger charge is -2.17. The van der Waals surface area contributed by atoms with Gasteiger partial charge in [-0.05, 0) is 43.3 Å². The second kappa shape index (κ2) is 7.14. The monoisotopic (exact) mass is 319 g/mol. The van der Waals surface area contributed by atoms with Crippen LogP contribution in [-0.2, 0) is 9.30 Å². The average molecular weight is 319 g/mol. The summed E-state index contributed by atoms with van der Waals surface area (Å²) in [5, 5.41) is 2.85. The molecule has 0 unspecified atom stereocenters. The molecule has 5 nitrogen and oxygen atoms in total. The summed E-state index contributed by atoms with van der Waals surface area (Å²) in [5.41, 5.74) is 1.05. The van der Waals surface area contributed by atoms with Gasteiger partial charge in [-0.15, -0.1) is 0 Å². The molecule has 1 atom stereocenters. The Morgan fingerprint density at radius 1 is 1.09 bits per heavy atom. The zero-order valence-electron chi connectivity index (χ0n) is 12.5. The maximum Gasteiger partial charge on any atom is 0.338 e. The summed E-state index contributed by atoms with van der Waals surface area (Å²) in [5.74, 6) is 0.151. The summed E-state index contributed by atoms with van der Waals surface area (Å²) in [6.07, 6.45) is 0. The number of rotatable bonds is 6. The van der Waals surface area contributed by atoms with Crippen molar-refractivity contribution in [1.82, 2.24) is 0 Å². The molecule has 0 saturated heterocycles. The Morgan fingerprint density at radius 2 is 1.73 bits per heavy atom. The minimum absolute atomic E-state index is 0.327. The van der Waals surface area contributed by atoms with E-state index in [1.54, 1.807) is 43.3 Å². The van der Waals surface area contributed by atoms with Crippen LogP contribution in [0.4, 0.5) is 5.69 Å². The zero-order valence-corrected chi connectivity index (χ0v) is 13.4. The molecule has 0 radical (unpaired) electrons. The van der Waals surface area contributed by atoms with Gasteiger partial charge in [-0.3, -0.25) is 4.57 Å². The summed E-state index contributed by atoms with van der Waals surface area (Å²) in [6.45, 7) is 3.58. The molecule has 0 amide bonds. The number of benzene rings is 2. The van der Waals surface area contributed by atoms with E-state index >= 15 is 0 Å². The highest BCUT2D eigenvalue weighted by Gasteiger charge is 2.17. The van der Waals surface area contributed by atoms with Crippen molar-refractivity contribution in [2.24, 2.45) is 0 Å². The van der Waals surface area contributed by atoms with E-state index in [-0.39, 0.29) is 5.97 Å². The molecule has 116 valence electrons. The molecule has 0 fully saturated rings. The van der Waals surface area contributed by atoms with Crippen LogP contribution < -0.4 is 9.61 Å². The van der Waals surface area contributed by atoms with Gasteiger partial charge in [0.15, 0.2) is 0 Å². The second-order valence-electron chi connectivity index (χ2n) is 4.66. The van der Waals surface area contributed by atoms with Crippen molar-refractivity contribution in [2.75, 3.05) is 18.4 Å². The molecule has 2 aromatic carbocycles. The van der Waals surface area contributed by atoms with E-state index in [9.17, 15) is 9.36 Å². The van der Waals surface area contributed by atoms with Crippen LogP contribution in [0.2, 0.25) is 0 Å².